The van der Waals surface area contributed by atoms with E-state index in [2.05, 4.69) is 10.6 Å². The summed E-state index contributed by atoms with van der Waals surface area (Å²) in [6.45, 7) is 0.445. The second-order valence-corrected chi connectivity index (χ2v) is 10.1. The van der Waals surface area contributed by atoms with Gasteiger partial charge in [-0.05, 0) is 53.8 Å². The first kappa shape index (κ1) is 25.6. The van der Waals surface area contributed by atoms with Gasteiger partial charge in [0.05, 0.1) is 31.6 Å². The van der Waals surface area contributed by atoms with Gasteiger partial charge in [0.2, 0.25) is 0 Å². The SMILES string of the molecule is COc1ccc([C@H]2CC(=O)C3=C(C2)Nc2ccccc2N[C@H]3c2ccccc2OCc2ccccc2)cc1OC. The fraction of sp³-hybridized carbons (Fsp3) is 0.206. The first-order valence-electron chi connectivity index (χ1n) is 13.5. The predicted molar refractivity (Wildman–Crippen MR) is 157 cm³/mol. The molecule has 0 unspecified atom stereocenters. The van der Waals surface area contributed by atoms with Gasteiger partial charge in [0.1, 0.15) is 12.4 Å². The van der Waals surface area contributed by atoms with Crippen molar-refractivity contribution in [2.45, 2.75) is 31.4 Å². The van der Waals surface area contributed by atoms with Gasteiger partial charge in [-0.1, -0.05) is 66.7 Å². The van der Waals surface area contributed by atoms with E-state index < -0.39 is 0 Å². The Labute approximate surface area is 234 Å². The van der Waals surface area contributed by atoms with Crippen LogP contribution in [0.15, 0.2) is 108 Å². The normalized spacial score (nSPS) is 18.0. The van der Waals surface area contributed by atoms with Crippen molar-refractivity contribution in [2.24, 2.45) is 0 Å². The van der Waals surface area contributed by atoms with Crippen molar-refractivity contribution in [1.29, 1.82) is 0 Å². The highest BCUT2D eigenvalue weighted by molar-refractivity contribution is 6.01. The summed E-state index contributed by atoms with van der Waals surface area (Å²) in [5.41, 5.74) is 6.64. The Bertz CT molecular complexity index is 1560. The van der Waals surface area contributed by atoms with Gasteiger partial charge in [0.25, 0.3) is 0 Å². The molecular formula is C34H32N2O4. The van der Waals surface area contributed by atoms with Crippen LogP contribution in [0.25, 0.3) is 0 Å². The average molecular weight is 533 g/mol. The van der Waals surface area contributed by atoms with Gasteiger partial charge in [-0.3, -0.25) is 4.79 Å². The Morgan fingerprint density at radius 3 is 2.27 bits per heavy atom. The highest BCUT2D eigenvalue weighted by atomic mass is 16.5. The third-order valence-electron chi connectivity index (χ3n) is 7.66. The van der Waals surface area contributed by atoms with Crippen LogP contribution in [-0.4, -0.2) is 20.0 Å². The summed E-state index contributed by atoms with van der Waals surface area (Å²) in [5.74, 6) is 2.21. The van der Waals surface area contributed by atoms with Gasteiger partial charge in [0.15, 0.2) is 17.3 Å². The number of ether oxygens (including phenoxy) is 3. The molecule has 40 heavy (non-hydrogen) atoms. The van der Waals surface area contributed by atoms with Gasteiger partial charge in [-0.25, -0.2) is 0 Å². The predicted octanol–water partition coefficient (Wildman–Crippen LogP) is 7.26. The van der Waals surface area contributed by atoms with Crippen LogP contribution in [-0.2, 0) is 11.4 Å². The summed E-state index contributed by atoms with van der Waals surface area (Å²) in [6, 6.07) is 31.7. The lowest BCUT2D eigenvalue weighted by molar-refractivity contribution is -0.116. The average Bonchev–Trinajstić information content (AvgIpc) is 3.17. The number of allylic oxidation sites excluding steroid dienone is 1. The molecular weight excluding hydrogens is 500 g/mol. The summed E-state index contributed by atoms with van der Waals surface area (Å²) in [7, 11) is 3.26. The van der Waals surface area contributed by atoms with E-state index in [9.17, 15) is 4.79 Å². The number of methoxy groups -OCH3 is 2. The number of anilines is 2. The smallest absolute Gasteiger partial charge is 0.163 e. The zero-order chi connectivity index (χ0) is 27.5. The molecule has 0 saturated heterocycles. The Balaban J connectivity index is 1.39. The molecule has 0 saturated carbocycles. The second kappa shape index (κ2) is 11.2. The summed E-state index contributed by atoms with van der Waals surface area (Å²) in [6.07, 6.45) is 1.09. The third kappa shape index (κ3) is 5.00. The zero-order valence-corrected chi connectivity index (χ0v) is 22.6. The van der Waals surface area contributed by atoms with Crippen LogP contribution in [0.2, 0.25) is 0 Å². The quantitative estimate of drug-likeness (QED) is 0.261. The van der Waals surface area contributed by atoms with E-state index in [0.717, 1.165) is 45.1 Å². The molecule has 0 aromatic heterocycles. The van der Waals surface area contributed by atoms with Gasteiger partial charge in [0, 0.05) is 23.3 Å². The highest BCUT2D eigenvalue weighted by Crippen LogP contribution is 2.46. The summed E-state index contributed by atoms with van der Waals surface area (Å²) >= 11 is 0. The Kier molecular flexibility index (Phi) is 7.15. The number of hydrogen-bond acceptors (Lipinski definition) is 6. The maximum absolute atomic E-state index is 14.0. The minimum absolute atomic E-state index is 0.00837. The topological polar surface area (TPSA) is 68.8 Å². The van der Waals surface area contributed by atoms with Crippen molar-refractivity contribution >= 4 is 17.2 Å². The Morgan fingerprint density at radius 1 is 0.750 bits per heavy atom. The molecule has 0 spiro atoms. The molecule has 0 bridgehead atoms. The minimum Gasteiger partial charge on any atom is -0.493 e. The van der Waals surface area contributed by atoms with E-state index in [1.54, 1.807) is 14.2 Å². The summed E-state index contributed by atoms with van der Waals surface area (Å²) in [5, 5.41) is 7.29. The summed E-state index contributed by atoms with van der Waals surface area (Å²) < 4.78 is 17.3. The molecule has 1 heterocycles. The maximum Gasteiger partial charge on any atom is 0.163 e. The Hall–Kier alpha value is -4.71. The van der Waals surface area contributed by atoms with E-state index in [1.807, 2.05) is 97.1 Å². The van der Waals surface area contributed by atoms with Crippen LogP contribution in [0, 0.1) is 0 Å². The van der Waals surface area contributed by atoms with Crippen LogP contribution in [0.5, 0.6) is 17.2 Å². The number of rotatable bonds is 7. The minimum atomic E-state index is -0.364. The number of hydrogen-bond donors (Lipinski definition) is 2. The molecule has 1 aliphatic carbocycles. The lowest BCUT2D eigenvalue weighted by atomic mass is 9.78. The van der Waals surface area contributed by atoms with E-state index in [4.69, 9.17) is 14.2 Å². The number of Topliss-reactive ketones (excluding diaryl/α,β-unsaturated/α-hetero) is 1. The third-order valence-corrected chi connectivity index (χ3v) is 7.66. The van der Waals surface area contributed by atoms with E-state index in [-0.39, 0.29) is 17.7 Å². The van der Waals surface area contributed by atoms with Crippen LogP contribution in [0.3, 0.4) is 0 Å². The zero-order valence-electron chi connectivity index (χ0n) is 22.6. The van der Waals surface area contributed by atoms with Crippen molar-refractivity contribution < 1.29 is 19.0 Å². The van der Waals surface area contributed by atoms with Crippen LogP contribution in [0.1, 0.15) is 41.5 Å². The molecule has 202 valence electrons. The number of carbonyl (C=O) groups excluding carboxylic acids is 1. The summed E-state index contributed by atoms with van der Waals surface area (Å²) in [4.78, 5) is 14.0. The van der Waals surface area contributed by atoms with Crippen LogP contribution >= 0.6 is 0 Å². The fourth-order valence-corrected chi connectivity index (χ4v) is 5.65. The monoisotopic (exact) mass is 532 g/mol. The number of carbonyl (C=O) groups is 1. The molecule has 0 fully saturated rings. The lowest BCUT2D eigenvalue weighted by Gasteiger charge is -2.30. The lowest BCUT2D eigenvalue weighted by Crippen LogP contribution is -2.27. The van der Waals surface area contributed by atoms with E-state index >= 15 is 0 Å². The number of benzene rings is 4. The van der Waals surface area contributed by atoms with E-state index in [1.165, 1.54) is 0 Å². The van der Waals surface area contributed by atoms with Gasteiger partial charge in [-0.15, -0.1) is 0 Å². The van der Waals surface area contributed by atoms with Crippen molar-refractivity contribution in [3.05, 3.63) is 125 Å². The standard InChI is InChI=1S/C34H32N2O4/c1-38-31-17-16-23(20-32(31)39-2)24-18-28-33(29(37)19-24)34(36-27-14-8-7-13-26(27)35-28)25-12-6-9-15-30(25)40-21-22-10-4-3-5-11-22/h3-17,20,24,34-36H,18-19,21H2,1-2H3/t24-,34+/m1/s1. The first-order chi connectivity index (χ1) is 19.6. The van der Waals surface area contributed by atoms with Crippen LogP contribution in [0.4, 0.5) is 11.4 Å². The highest BCUT2D eigenvalue weighted by Gasteiger charge is 2.37. The molecule has 4 aromatic carbocycles. The van der Waals surface area contributed by atoms with Crippen molar-refractivity contribution in [1.82, 2.24) is 0 Å². The largest absolute Gasteiger partial charge is 0.493 e. The van der Waals surface area contributed by atoms with Gasteiger partial charge in [-0.2, -0.15) is 0 Å². The molecule has 2 aliphatic rings. The van der Waals surface area contributed by atoms with Gasteiger partial charge >= 0.3 is 0 Å². The first-order valence-corrected chi connectivity index (χ1v) is 13.5. The molecule has 1 aliphatic heterocycles. The maximum atomic E-state index is 14.0. The molecule has 6 nitrogen and oxygen atoms in total. The number of fused-ring (bicyclic) bond motifs is 1. The second-order valence-electron chi connectivity index (χ2n) is 10.1. The number of ketones is 1. The van der Waals surface area contributed by atoms with Gasteiger partial charge < -0.3 is 24.8 Å². The molecule has 6 rings (SSSR count). The van der Waals surface area contributed by atoms with Crippen LogP contribution < -0.4 is 24.8 Å². The Morgan fingerprint density at radius 2 is 1.48 bits per heavy atom. The fourth-order valence-electron chi connectivity index (χ4n) is 5.65. The van der Waals surface area contributed by atoms with Crippen molar-refractivity contribution in [3.8, 4) is 17.2 Å². The molecule has 4 aromatic rings. The van der Waals surface area contributed by atoms with Crippen molar-refractivity contribution in [3.63, 3.8) is 0 Å². The number of para-hydroxylation sites is 3. The molecule has 6 heteroatoms. The van der Waals surface area contributed by atoms with E-state index in [0.29, 0.717) is 30.9 Å². The van der Waals surface area contributed by atoms with Crippen molar-refractivity contribution in [2.75, 3.05) is 24.9 Å². The molecule has 2 atom stereocenters. The molecule has 0 radical (unpaired) electrons. The molecule has 2 N–H and O–H groups in total. The molecule has 0 amide bonds. The number of nitrogens with one attached hydrogen (secondary N) is 2.